The summed E-state index contributed by atoms with van der Waals surface area (Å²) in [4.78, 5) is 33.9. The maximum Gasteiger partial charge on any atom is 0.311 e. The number of hydrogen-bond acceptors (Lipinski definition) is 6. The number of nitrogens with one attached hydrogen (secondary N) is 1. The smallest absolute Gasteiger partial charge is 0.311 e. The van der Waals surface area contributed by atoms with Crippen molar-refractivity contribution in [1.82, 2.24) is 5.32 Å². The number of nitrogens with zero attached hydrogens (tertiary/aromatic N) is 1. The second-order valence-corrected chi connectivity index (χ2v) is 5.63. The Labute approximate surface area is 156 Å². The van der Waals surface area contributed by atoms with Crippen LogP contribution in [0, 0.1) is 10.1 Å². The maximum atomic E-state index is 11.9. The third-order valence-electron chi connectivity index (χ3n) is 3.80. The van der Waals surface area contributed by atoms with Crippen LogP contribution in [0.5, 0.6) is 11.5 Å². The number of carbonyl (C=O) groups is 2. The summed E-state index contributed by atoms with van der Waals surface area (Å²) in [6.07, 6.45) is 0.423. The van der Waals surface area contributed by atoms with Crippen LogP contribution in [-0.2, 0) is 11.3 Å². The molecule has 0 aliphatic carbocycles. The molecule has 0 fully saturated rings. The third kappa shape index (κ3) is 5.53. The Hall–Kier alpha value is -3.42. The van der Waals surface area contributed by atoms with Crippen LogP contribution in [0.15, 0.2) is 42.5 Å². The standard InChI is InChI=1S/C19H20N2O6/c1-3-17(22)14-5-7-15(8-6-14)27-12-19(23)20-11-13-4-9-18(26-2)16(10-13)21(24)25/h4-10H,3,11-12H2,1-2H3,(H,20,23). The lowest BCUT2D eigenvalue weighted by Crippen LogP contribution is -2.28. The van der Waals surface area contributed by atoms with Gasteiger partial charge in [-0.3, -0.25) is 19.7 Å². The monoisotopic (exact) mass is 372 g/mol. The van der Waals surface area contributed by atoms with E-state index in [1.165, 1.54) is 19.2 Å². The zero-order valence-corrected chi connectivity index (χ0v) is 15.1. The van der Waals surface area contributed by atoms with Crippen LogP contribution in [0.25, 0.3) is 0 Å². The van der Waals surface area contributed by atoms with Gasteiger partial charge >= 0.3 is 5.69 Å². The molecule has 0 radical (unpaired) electrons. The van der Waals surface area contributed by atoms with E-state index < -0.39 is 4.92 Å². The highest BCUT2D eigenvalue weighted by molar-refractivity contribution is 5.95. The summed E-state index contributed by atoms with van der Waals surface area (Å²) in [6.45, 7) is 1.70. The molecule has 0 unspecified atom stereocenters. The predicted octanol–water partition coefficient (Wildman–Crippen LogP) is 2.89. The molecule has 0 saturated carbocycles. The number of carbonyl (C=O) groups excluding carboxylic acids is 2. The summed E-state index contributed by atoms with van der Waals surface area (Å²) < 4.78 is 10.3. The van der Waals surface area contributed by atoms with E-state index in [4.69, 9.17) is 9.47 Å². The highest BCUT2D eigenvalue weighted by Gasteiger charge is 2.15. The Morgan fingerprint density at radius 2 is 1.85 bits per heavy atom. The largest absolute Gasteiger partial charge is 0.490 e. The van der Waals surface area contributed by atoms with Crippen LogP contribution < -0.4 is 14.8 Å². The molecule has 2 aromatic carbocycles. The first-order valence-electron chi connectivity index (χ1n) is 8.28. The molecule has 0 saturated heterocycles. The molecule has 1 amide bonds. The number of nitro groups is 1. The van der Waals surface area contributed by atoms with Gasteiger partial charge in [0.2, 0.25) is 0 Å². The van der Waals surface area contributed by atoms with Crippen LogP contribution in [0.2, 0.25) is 0 Å². The molecular weight excluding hydrogens is 352 g/mol. The van der Waals surface area contributed by atoms with Crippen molar-refractivity contribution in [3.63, 3.8) is 0 Å². The first kappa shape index (κ1) is 19.9. The van der Waals surface area contributed by atoms with Crippen molar-refractivity contribution < 1.29 is 24.0 Å². The van der Waals surface area contributed by atoms with Crippen LogP contribution in [0.4, 0.5) is 5.69 Å². The van der Waals surface area contributed by atoms with E-state index in [2.05, 4.69) is 5.32 Å². The molecule has 0 bridgehead atoms. The van der Waals surface area contributed by atoms with Gasteiger partial charge in [0.1, 0.15) is 5.75 Å². The molecule has 142 valence electrons. The Morgan fingerprint density at radius 3 is 2.44 bits per heavy atom. The van der Waals surface area contributed by atoms with Crippen molar-refractivity contribution in [2.24, 2.45) is 0 Å². The number of ketones is 1. The van der Waals surface area contributed by atoms with Gasteiger partial charge in [-0.15, -0.1) is 0 Å². The first-order chi connectivity index (χ1) is 12.9. The number of Topliss-reactive ketones (excluding diaryl/α,β-unsaturated/α-hetero) is 1. The number of ether oxygens (including phenoxy) is 2. The second kappa shape index (κ2) is 9.33. The molecule has 1 N–H and O–H groups in total. The van der Waals surface area contributed by atoms with Crippen molar-refractivity contribution in [3.8, 4) is 11.5 Å². The van der Waals surface area contributed by atoms with Crippen LogP contribution in [0.1, 0.15) is 29.3 Å². The van der Waals surface area contributed by atoms with E-state index >= 15 is 0 Å². The topological polar surface area (TPSA) is 108 Å². The Balaban J connectivity index is 1.87. The molecule has 27 heavy (non-hydrogen) atoms. The first-order valence-corrected chi connectivity index (χ1v) is 8.28. The Kier molecular flexibility index (Phi) is 6.87. The fraction of sp³-hybridized carbons (Fsp3) is 0.263. The van der Waals surface area contributed by atoms with Crippen molar-refractivity contribution >= 4 is 17.4 Å². The van der Waals surface area contributed by atoms with E-state index in [0.29, 0.717) is 23.3 Å². The van der Waals surface area contributed by atoms with Crippen molar-refractivity contribution in [1.29, 1.82) is 0 Å². The molecule has 8 nitrogen and oxygen atoms in total. The fourth-order valence-corrected chi connectivity index (χ4v) is 2.33. The zero-order chi connectivity index (χ0) is 19.8. The zero-order valence-electron chi connectivity index (χ0n) is 15.1. The van der Waals surface area contributed by atoms with Crippen LogP contribution >= 0.6 is 0 Å². The van der Waals surface area contributed by atoms with Crippen molar-refractivity contribution in [3.05, 3.63) is 63.7 Å². The Morgan fingerprint density at radius 1 is 1.15 bits per heavy atom. The summed E-state index contributed by atoms with van der Waals surface area (Å²) in [7, 11) is 1.35. The molecular formula is C19H20N2O6. The number of rotatable bonds is 9. The molecule has 0 heterocycles. The predicted molar refractivity (Wildman–Crippen MR) is 98.1 cm³/mol. The normalized spacial score (nSPS) is 10.1. The van der Waals surface area contributed by atoms with Crippen molar-refractivity contribution in [2.75, 3.05) is 13.7 Å². The summed E-state index contributed by atoms with van der Waals surface area (Å²) >= 11 is 0. The minimum Gasteiger partial charge on any atom is -0.490 e. The lowest BCUT2D eigenvalue weighted by molar-refractivity contribution is -0.385. The highest BCUT2D eigenvalue weighted by Crippen LogP contribution is 2.27. The summed E-state index contributed by atoms with van der Waals surface area (Å²) in [5, 5.41) is 13.6. The average Bonchev–Trinajstić information content (AvgIpc) is 2.70. The SMILES string of the molecule is CCC(=O)c1ccc(OCC(=O)NCc2ccc(OC)c([N+](=O)[O-])c2)cc1. The van der Waals surface area contributed by atoms with Gasteiger partial charge in [-0.2, -0.15) is 0 Å². The molecule has 0 atom stereocenters. The minimum atomic E-state index is -0.541. The second-order valence-electron chi connectivity index (χ2n) is 5.63. The minimum absolute atomic E-state index is 0.0351. The molecule has 8 heteroatoms. The summed E-state index contributed by atoms with van der Waals surface area (Å²) in [6, 6.07) is 11.0. The number of methoxy groups -OCH3 is 1. The quantitative estimate of drug-likeness (QED) is 0.412. The van der Waals surface area contributed by atoms with Crippen molar-refractivity contribution in [2.45, 2.75) is 19.9 Å². The number of nitro benzene ring substituents is 1. The maximum absolute atomic E-state index is 11.9. The molecule has 0 spiro atoms. The van der Waals surface area contributed by atoms with Gasteiger partial charge in [-0.1, -0.05) is 13.0 Å². The van der Waals surface area contributed by atoms with E-state index in [9.17, 15) is 19.7 Å². The van der Waals surface area contributed by atoms with Crippen LogP contribution in [0.3, 0.4) is 0 Å². The van der Waals surface area contributed by atoms with Gasteiger partial charge in [0.05, 0.1) is 12.0 Å². The summed E-state index contributed by atoms with van der Waals surface area (Å²) in [5.74, 6) is 0.288. The molecule has 2 aromatic rings. The fourth-order valence-electron chi connectivity index (χ4n) is 2.33. The Bertz CT molecular complexity index is 833. The molecule has 0 aliphatic rings. The van der Waals surface area contributed by atoms with Gasteiger partial charge in [0.15, 0.2) is 18.1 Å². The number of amides is 1. The molecule has 0 aliphatic heterocycles. The van der Waals surface area contributed by atoms with Gasteiger partial charge in [0.25, 0.3) is 5.91 Å². The van der Waals surface area contributed by atoms with Gasteiger partial charge in [-0.25, -0.2) is 0 Å². The van der Waals surface area contributed by atoms with E-state index in [0.717, 1.165) is 0 Å². The lowest BCUT2D eigenvalue weighted by Gasteiger charge is -2.09. The van der Waals surface area contributed by atoms with Gasteiger partial charge in [0, 0.05) is 24.6 Å². The summed E-state index contributed by atoms with van der Waals surface area (Å²) in [5.41, 5.74) is 0.996. The van der Waals surface area contributed by atoms with E-state index in [-0.39, 0.29) is 36.3 Å². The van der Waals surface area contributed by atoms with Gasteiger partial charge < -0.3 is 14.8 Å². The lowest BCUT2D eigenvalue weighted by atomic mass is 10.1. The van der Waals surface area contributed by atoms with Gasteiger partial charge in [-0.05, 0) is 35.9 Å². The molecule has 2 rings (SSSR count). The van der Waals surface area contributed by atoms with Crippen LogP contribution in [-0.4, -0.2) is 30.3 Å². The number of hydrogen-bond donors (Lipinski definition) is 1. The average molecular weight is 372 g/mol. The molecule has 0 aromatic heterocycles. The van der Waals surface area contributed by atoms with E-state index in [1.807, 2.05) is 0 Å². The third-order valence-corrected chi connectivity index (χ3v) is 3.80. The number of benzene rings is 2. The van der Waals surface area contributed by atoms with E-state index in [1.54, 1.807) is 37.3 Å². The highest BCUT2D eigenvalue weighted by atomic mass is 16.6.